The lowest BCUT2D eigenvalue weighted by Crippen LogP contribution is -2.15. The molecule has 0 aliphatic heterocycles. The molecule has 1 heterocycles. The third-order valence-electron chi connectivity index (χ3n) is 1.13. The van der Waals surface area contributed by atoms with Gasteiger partial charge in [-0.3, -0.25) is 4.79 Å². The highest BCUT2D eigenvalue weighted by molar-refractivity contribution is 9.10. The SMILES string of the molecule is Cn1cc(F)c(Br)cc1=O. The molecule has 10 heavy (non-hydrogen) atoms. The van der Waals surface area contributed by atoms with Crippen LogP contribution < -0.4 is 5.56 Å². The molecule has 4 heteroatoms. The topological polar surface area (TPSA) is 22.0 Å². The summed E-state index contributed by atoms with van der Waals surface area (Å²) in [6.07, 6.45) is 1.13. The molecule has 0 saturated carbocycles. The molecule has 0 atom stereocenters. The predicted molar refractivity (Wildman–Crippen MR) is 39.3 cm³/mol. The molecule has 0 aliphatic rings. The molecule has 1 aromatic heterocycles. The second-order valence-corrected chi connectivity index (χ2v) is 2.77. The largest absolute Gasteiger partial charge is 0.316 e. The molecule has 0 unspecified atom stereocenters. The van der Waals surface area contributed by atoms with Crippen molar-refractivity contribution in [1.82, 2.24) is 4.57 Å². The number of aromatic nitrogens is 1. The fraction of sp³-hybridized carbons (Fsp3) is 0.167. The molecule has 0 bridgehead atoms. The van der Waals surface area contributed by atoms with Crippen LogP contribution in [0.2, 0.25) is 0 Å². The molecule has 0 N–H and O–H groups in total. The lowest BCUT2D eigenvalue weighted by molar-refractivity contribution is 0.598. The number of nitrogens with zero attached hydrogens (tertiary/aromatic N) is 1. The standard InChI is InChI=1S/C6H5BrFNO/c1-9-3-5(8)4(7)2-6(9)10/h2-3H,1H3. The lowest BCUT2D eigenvalue weighted by Gasteiger charge is -1.96. The number of hydrogen-bond acceptors (Lipinski definition) is 1. The van der Waals surface area contributed by atoms with Gasteiger partial charge in [0.1, 0.15) is 0 Å². The Labute approximate surface area is 65.4 Å². The van der Waals surface area contributed by atoms with Crippen LogP contribution in [0.5, 0.6) is 0 Å². The minimum atomic E-state index is -0.429. The summed E-state index contributed by atoms with van der Waals surface area (Å²) >= 11 is 2.89. The first kappa shape index (κ1) is 7.47. The van der Waals surface area contributed by atoms with E-state index < -0.39 is 5.82 Å². The Hall–Kier alpha value is -0.640. The van der Waals surface area contributed by atoms with Crippen LogP contribution in [-0.4, -0.2) is 4.57 Å². The summed E-state index contributed by atoms with van der Waals surface area (Å²) in [6, 6.07) is 1.19. The summed E-state index contributed by atoms with van der Waals surface area (Å²) in [5.74, 6) is -0.429. The van der Waals surface area contributed by atoms with Crippen molar-refractivity contribution < 1.29 is 4.39 Å². The van der Waals surface area contributed by atoms with Gasteiger partial charge in [-0.1, -0.05) is 0 Å². The number of aryl methyl sites for hydroxylation is 1. The Kier molecular flexibility index (Phi) is 1.89. The number of rotatable bonds is 0. The Balaban J connectivity index is 3.43. The number of hydrogen-bond donors (Lipinski definition) is 0. The Morgan fingerprint density at radius 1 is 1.70 bits per heavy atom. The Morgan fingerprint density at radius 3 is 2.80 bits per heavy atom. The zero-order valence-corrected chi connectivity index (χ0v) is 6.85. The van der Waals surface area contributed by atoms with Crippen molar-refractivity contribution in [1.29, 1.82) is 0 Å². The van der Waals surface area contributed by atoms with Gasteiger partial charge in [-0.05, 0) is 15.9 Å². The normalized spacial score (nSPS) is 9.90. The van der Waals surface area contributed by atoms with Crippen molar-refractivity contribution in [3.05, 3.63) is 32.9 Å². The minimum Gasteiger partial charge on any atom is -0.316 e. The molecule has 0 aromatic carbocycles. The van der Waals surface area contributed by atoms with Crippen molar-refractivity contribution in [2.75, 3.05) is 0 Å². The third-order valence-corrected chi connectivity index (χ3v) is 1.74. The van der Waals surface area contributed by atoms with Crippen LogP contribution in [0.25, 0.3) is 0 Å². The first-order chi connectivity index (χ1) is 4.61. The summed E-state index contributed by atoms with van der Waals surface area (Å²) in [4.78, 5) is 10.8. The molecule has 0 aliphatic carbocycles. The first-order valence-corrected chi connectivity index (χ1v) is 3.42. The zero-order chi connectivity index (χ0) is 7.72. The van der Waals surface area contributed by atoms with Gasteiger partial charge in [-0.2, -0.15) is 0 Å². The third kappa shape index (κ3) is 1.26. The fourth-order valence-corrected chi connectivity index (χ4v) is 0.873. The van der Waals surface area contributed by atoms with Gasteiger partial charge >= 0.3 is 0 Å². The van der Waals surface area contributed by atoms with Gasteiger partial charge in [-0.15, -0.1) is 0 Å². The molecule has 0 saturated heterocycles. The van der Waals surface area contributed by atoms with Crippen LogP contribution in [0, 0.1) is 5.82 Å². The van der Waals surface area contributed by atoms with Crippen molar-refractivity contribution in [2.45, 2.75) is 0 Å². The molecule has 54 valence electrons. The second kappa shape index (κ2) is 2.54. The van der Waals surface area contributed by atoms with Gasteiger partial charge in [0.05, 0.1) is 4.47 Å². The first-order valence-electron chi connectivity index (χ1n) is 2.63. The van der Waals surface area contributed by atoms with Gasteiger partial charge in [0.25, 0.3) is 5.56 Å². The molecule has 2 nitrogen and oxygen atoms in total. The summed E-state index contributed by atoms with van der Waals surface area (Å²) in [5.41, 5.74) is -0.228. The van der Waals surface area contributed by atoms with Crippen LogP contribution in [0.3, 0.4) is 0 Å². The van der Waals surface area contributed by atoms with Crippen molar-refractivity contribution in [2.24, 2.45) is 7.05 Å². The predicted octanol–water partition coefficient (Wildman–Crippen LogP) is 1.29. The molecule has 0 radical (unpaired) electrons. The second-order valence-electron chi connectivity index (χ2n) is 1.92. The summed E-state index contributed by atoms with van der Waals surface area (Å²) < 4.78 is 13.9. The molecule has 1 rings (SSSR count). The molecular formula is C6H5BrFNO. The molecule has 0 amide bonds. The molecule has 1 aromatic rings. The van der Waals surface area contributed by atoms with Gasteiger partial charge in [0.15, 0.2) is 5.82 Å². The van der Waals surface area contributed by atoms with E-state index in [0.717, 1.165) is 6.20 Å². The van der Waals surface area contributed by atoms with E-state index in [0.29, 0.717) is 0 Å². The van der Waals surface area contributed by atoms with Crippen molar-refractivity contribution in [3.8, 4) is 0 Å². The van der Waals surface area contributed by atoms with Crippen LogP contribution in [-0.2, 0) is 7.05 Å². The lowest BCUT2D eigenvalue weighted by atomic mass is 10.5. The van der Waals surface area contributed by atoms with E-state index in [-0.39, 0.29) is 10.0 Å². The van der Waals surface area contributed by atoms with Crippen molar-refractivity contribution in [3.63, 3.8) is 0 Å². The average molecular weight is 206 g/mol. The highest BCUT2D eigenvalue weighted by Crippen LogP contribution is 2.09. The summed E-state index contributed by atoms with van der Waals surface area (Å²) in [5, 5.41) is 0. The van der Waals surface area contributed by atoms with E-state index >= 15 is 0 Å². The number of pyridine rings is 1. The van der Waals surface area contributed by atoms with E-state index in [1.807, 2.05) is 0 Å². The van der Waals surface area contributed by atoms with E-state index in [1.165, 1.54) is 17.7 Å². The number of halogens is 2. The van der Waals surface area contributed by atoms with Crippen molar-refractivity contribution >= 4 is 15.9 Å². The highest BCUT2D eigenvalue weighted by atomic mass is 79.9. The summed E-state index contributed by atoms with van der Waals surface area (Å²) in [7, 11) is 1.50. The van der Waals surface area contributed by atoms with Crippen LogP contribution in [0.15, 0.2) is 21.5 Å². The maximum absolute atomic E-state index is 12.6. The maximum atomic E-state index is 12.6. The van der Waals surface area contributed by atoms with Crippen LogP contribution in [0.1, 0.15) is 0 Å². The van der Waals surface area contributed by atoms with Gasteiger partial charge in [-0.25, -0.2) is 4.39 Å². The smallest absolute Gasteiger partial charge is 0.251 e. The summed E-state index contributed by atoms with van der Waals surface area (Å²) in [6.45, 7) is 0. The van der Waals surface area contributed by atoms with E-state index in [1.54, 1.807) is 0 Å². The van der Waals surface area contributed by atoms with Gasteiger partial charge < -0.3 is 4.57 Å². The molecular weight excluding hydrogens is 201 g/mol. The van der Waals surface area contributed by atoms with Crippen LogP contribution >= 0.6 is 15.9 Å². The van der Waals surface area contributed by atoms with Crippen LogP contribution in [0.4, 0.5) is 4.39 Å². The van der Waals surface area contributed by atoms with E-state index in [4.69, 9.17) is 0 Å². The van der Waals surface area contributed by atoms with E-state index in [2.05, 4.69) is 15.9 Å². The minimum absolute atomic E-state index is 0.204. The maximum Gasteiger partial charge on any atom is 0.251 e. The molecule has 0 fully saturated rings. The van der Waals surface area contributed by atoms with Gasteiger partial charge in [0.2, 0.25) is 0 Å². The zero-order valence-electron chi connectivity index (χ0n) is 5.27. The molecule has 0 spiro atoms. The monoisotopic (exact) mass is 205 g/mol. The average Bonchev–Trinajstić information content (AvgIpc) is 1.84. The quantitative estimate of drug-likeness (QED) is 0.626. The van der Waals surface area contributed by atoms with E-state index in [9.17, 15) is 9.18 Å². The Morgan fingerprint density at radius 2 is 2.30 bits per heavy atom. The fourth-order valence-electron chi connectivity index (χ4n) is 0.574. The Bertz CT molecular complexity index is 307. The highest BCUT2D eigenvalue weighted by Gasteiger charge is 1.99. The van der Waals surface area contributed by atoms with Gasteiger partial charge in [0, 0.05) is 19.3 Å².